The van der Waals surface area contributed by atoms with Crippen molar-refractivity contribution in [3.8, 4) is 0 Å². The summed E-state index contributed by atoms with van der Waals surface area (Å²) in [6, 6.07) is 0. The fourth-order valence-electron chi connectivity index (χ4n) is 1.07. The number of aromatic nitrogens is 2. The van der Waals surface area contributed by atoms with Crippen LogP contribution in [0.3, 0.4) is 0 Å². The molecule has 2 N–H and O–H groups in total. The van der Waals surface area contributed by atoms with Gasteiger partial charge in [-0.05, 0) is 12.8 Å². The average Bonchev–Trinajstić information content (AvgIpc) is 2.65. The van der Waals surface area contributed by atoms with Gasteiger partial charge in [0.25, 0.3) is 0 Å². The molecule has 0 aliphatic carbocycles. The normalized spacial score (nSPS) is 10.2. The quantitative estimate of drug-likeness (QED) is 0.697. The highest BCUT2D eigenvalue weighted by atomic mass is 32.1. The first-order valence-corrected chi connectivity index (χ1v) is 5.78. The summed E-state index contributed by atoms with van der Waals surface area (Å²) in [5.41, 5.74) is 0. The molecule has 5 nitrogen and oxygen atoms in total. The third-order valence-corrected chi connectivity index (χ3v) is 2.59. The Morgan fingerprint density at radius 1 is 1.53 bits per heavy atom. The summed E-state index contributed by atoms with van der Waals surface area (Å²) >= 11 is 1.35. The van der Waals surface area contributed by atoms with Gasteiger partial charge in [0.15, 0.2) is 0 Å². The summed E-state index contributed by atoms with van der Waals surface area (Å²) in [5, 5.41) is 12.4. The van der Waals surface area contributed by atoms with Crippen molar-refractivity contribution in [1.82, 2.24) is 9.36 Å². The maximum Gasteiger partial charge on any atom is 0.303 e. The van der Waals surface area contributed by atoms with Crippen molar-refractivity contribution in [2.45, 2.75) is 32.6 Å². The average molecular weight is 229 g/mol. The number of unbranched alkanes of at least 4 members (excludes halogenated alkanes) is 1. The van der Waals surface area contributed by atoms with Crippen LogP contribution in [-0.2, 0) is 11.2 Å². The van der Waals surface area contributed by atoms with Gasteiger partial charge in [0, 0.05) is 30.9 Å². The number of carboxylic acid groups (broad SMARTS) is 1. The summed E-state index contributed by atoms with van der Waals surface area (Å²) < 4.78 is 4.14. The Labute approximate surface area is 92.7 Å². The van der Waals surface area contributed by atoms with Gasteiger partial charge in [-0.25, -0.2) is 4.98 Å². The fourth-order valence-corrected chi connectivity index (χ4v) is 1.74. The first kappa shape index (κ1) is 11.9. The molecule has 6 heteroatoms. The predicted molar refractivity (Wildman–Crippen MR) is 59.3 cm³/mol. The van der Waals surface area contributed by atoms with Crippen LogP contribution in [0.1, 0.15) is 32.0 Å². The third-order valence-electron chi connectivity index (χ3n) is 1.88. The molecule has 1 aromatic rings. The van der Waals surface area contributed by atoms with Crippen LogP contribution < -0.4 is 5.32 Å². The van der Waals surface area contributed by atoms with E-state index in [2.05, 4.69) is 14.7 Å². The van der Waals surface area contributed by atoms with Crippen LogP contribution in [0.15, 0.2) is 0 Å². The van der Waals surface area contributed by atoms with Crippen molar-refractivity contribution in [2.24, 2.45) is 0 Å². The molecule has 0 saturated carbocycles. The largest absolute Gasteiger partial charge is 0.481 e. The molecule has 1 rings (SSSR count). The number of nitrogens with zero attached hydrogens (tertiary/aromatic N) is 2. The molecule has 0 radical (unpaired) electrons. The van der Waals surface area contributed by atoms with Gasteiger partial charge in [-0.15, -0.1) is 0 Å². The zero-order valence-electron chi connectivity index (χ0n) is 8.69. The molecule has 0 atom stereocenters. The van der Waals surface area contributed by atoms with Crippen molar-refractivity contribution in [3.63, 3.8) is 0 Å². The standard InChI is InChI=1S/C9H15N3O2S/c1-2-7-11-9(15-12-7)10-6-4-3-5-8(13)14/h2-6H2,1H3,(H,13,14)(H,10,11,12). The monoisotopic (exact) mass is 229 g/mol. The number of anilines is 1. The maximum atomic E-state index is 10.2. The topological polar surface area (TPSA) is 75.1 Å². The molecule has 0 spiro atoms. The smallest absolute Gasteiger partial charge is 0.303 e. The van der Waals surface area contributed by atoms with Crippen molar-refractivity contribution >= 4 is 22.6 Å². The molecule has 0 unspecified atom stereocenters. The molecule has 0 aliphatic heterocycles. The number of aryl methyl sites for hydroxylation is 1. The second kappa shape index (κ2) is 6.34. The van der Waals surface area contributed by atoms with Crippen LogP contribution in [0.2, 0.25) is 0 Å². The molecular formula is C9H15N3O2S. The highest BCUT2D eigenvalue weighted by Gasteiger charge is 2.01. The minimum Gasteiger partial charge on any atom is -0.481 e. The lowest BCUT2D eigenvalue weighted by Gasteiger charge is -1.99. The Morgan fingerprint density at radius 2 is 2.33 bits per heavy atom. The number of carbonyl (C=O) groups is 1. The first-order valence-electron chi connectivity index (χ1n) is 5.00. The minimum absolute atomic E-state index is 0.234. The van der Waals surface area contributed by atoms with E-state index >= 15 is 0 Å². The van der Waals surface area contributed by atoms with Crippen molar-refractivity contribution in [2.75, 3.05) is 11.9 Å². The Morgan fingerprint density at radius 3 is 2.93 bits per heavy atom. The second-order valence-corrected chi connectivity index (χ2v) is 3.90. The van der Waals surface area contributed by atoms with Crippen molar-refractivity contribution < 1.29 is 9.90 Å². The molecule has 1 aromatic heterocycles. The Hall–Kier alpha value is -1.17. The van der Waals surface area contributed by atoms with Gasteiger partial charge in [0.1, 0.15) is 5.82 Å². The van der Waals surface area contributed by atoms with E-state index < -0.39 is 5.97 Å². The zero-order chi connectivity index (χ0) is 11.1. The summed E-state index contributed by atoms with van der Waals surface area (Å²) in [6.07, 6.45) is 2.62. The van der Waals surface area contributed by atoms with Crippen LogP contribution >= 0.6 is 11.5 Å². The Kier molecular flexibility index (Phi) is 5.03. The molecule has 0 amide bonds. The van der Waals surface area contributed by atoms with Crippen LogP contribution in [0.25, 0.3) is 0 Å². The van der Waals surface area contributed by atoms with Gasteiger partial charge in [0.05, 0.1) is 0 Å². The number of rotatable bonds is 7. The van der Waals surface area contributed by atoms with Crippen LogP contribution in [0.4, 0.5) is 5.13 Å². The van der Waals surface area contributed by atoms with E-state index in [0.29, 0.717) is 6.42 Å². The highest BCUT2D eigenvalue weighted by Crippen LogP contribution is 2.11. The van der Waals surface area contributed by atoms with E-state index in [9.17, 15) is 4.79 Å². The van der Waals surface area contributed by atoms with E-state index in [4.69, 9.17) is 5.11 Å². The van der Waals surface area contributed by atoms with Crippen LogP contribution in [0.5, 0.6) is 0 Å². The maximum absolute atomic E-state index is 10.2. The molecule has 0 aromatic carbocycles. The molecule has 15 heavy (non-hydrogen) atoms. The van der Waals surface area contributed by atoms with Gasteiger partial charge in [-0.3, -0.25) is 4.79 Å². The van der Waals surface area contributed by atoms with Gasteiger partial charge >= 0.3 is 5.97 Å². The summed E-state index contributed by atoms with van der Waals surface area (Å²) in [7, 11) is 0. The van der Waals surface area contributed by atoms with Crippen molar-refractivity contribution in [1.29, 1.82) is 0 Å². The van der Waals surface area contributed by atoms with E-state index in [1.54, 1.807) is 0 Å². The molecule has 0 bridgehead atoms. The van der Waals surface area contributed by atoms with E-state index in [-0.39, 0.29) is 6.42 Å². The number of hydrogen-bond acceptors (Lipinski definition) is 5. The molecule has 0 aliphatic rings. The minimum atomic E-state index is -0.737. The van der Waals surface area contributed by atoms with E-state index in [1.165, 1.54) is 11.5 Å². The first-order chi connectivity index (χ1) is 7.22. The molecular weight excluding hydrogens is 214 g/mol. The van der Waals surface area contributed by atoms with Gasteiger partial charge < -0.3 is 10.4 Å². The second-order valence-electron chi connectivity index (χ2n) is 3.15. The lowest BCUT2D eigenvalue weighted by Crippen LogP contribution is -2.03. The van der Waals surface area contributed by atoms with Gasteiger partial charge in [-0.2, -0.15) is 4.37 Å². The highest BCUT2D eigenvalue weighted by molar-refractivity contribution is 7.09. The zero-order valence-corrected chi connectivity index (χ0v) is 9.51. The molecule has 1 heterocycles. The van der Waals surface area contributed by atoms with Gasteiger partial charge in [-0.1, -0.05) is 6.92 Å². The van der Waals surface area contributed by atoms with Gasteiger partial charge in [0.2, 0.25) is 5.13 Å². The van der Waals surface area contributed by atoms with Crippen LogP contribution in [-0.4, -0.2) is 27.0 Å². The summed E-state index contributed by atoms with van der Waals surface area (Å²) in [5.74, 6) is 0.118. The SMILES string of the molecule is CCc1nsc(NCCCCC(=O)O)n1. The Bertz CT molecular complexity index is 314. The van der Waals surface area contributed by atoms with E-state index in [1.807, 2.05) is 6.92 Å². The lowest BCUT2D eigenvalue weighted by atomic mass is 10.2. The summed E-state index contributed by atoms with van der Waals surface area (Å²) in [4.78, 5) is 14.5. The Balaban J connectivity index is 2.12. The third kappa shape index (κ3) is 4.73. The number of nitrogens with one attached hydrogen (secondary N) is 1. The van der Waals surface area contributed by atoms with Crippen molar-refractivity contribution in [3.05, 3.63) is 5.82 Å². The molecule has 84 valence electrons. The predicted octanol–water partition coefficient (Wildman–Crippen LogP) is 1.77. The molecule has 0 saturated heterocycles. The molecule has 0 fully saturated rings. The fraction of sp³-hybridized carbons (Fsp3) is 0.667. The van der Waals surface area contributed by atoms with E-state index in [0.717, 1.165) is 30.3 Å². The lowest BCUT2D eigenvalue weighted by molar-refractivity contribution is -0.137. The number of hydrogen-bond donors (Lipinski definition) is 2. The van der Waals surface area contributed by atoms with Crippen LogP contribution in [0, 0.1) is 0 Å². The summed E-state index contributed by atoms with van der Waals surface area (Å²) in [6.45, 7) is 2.77. The number of carboxylic acids is 1. The number of aliphatic carboxylic acids is 1.